The molecule has 2 heterocycles. The topological polar surface area (TPSA) is 76.2 Å². The molecule has 1 fully saturated rings. The zero-order valence-electron chi connectivity index (χ0n) is 12.2. The molecular weight excluding hydrogens is 254 g/mol. The lowest BCUT2D eigenvalue weighted by atomic mass is 10.0. The summed E-state index contributed by atoms with van der Waals surface area (Å²) in [5.74, 6) is 0.0542. The summed E-state index contributed by atoms with van der Waals surface area (Å²) in [6.45, 7) is 3.11. The van der Waals surface area contributed by atoms with E-state index in [1.807, 2.05) is 19.6 Å². The van der Waals surface area contributed by atoms with Gasteiger partial charge in [0.15, 0.2) is 0 Å². The standard InChI is InChI=1S/C14H25N5O/c1-18-11-16-8-13(18)10-19-7-3-2-4-12(19)9-17-14(20)5-6-15/h8,11-12H,2-7,9-10,15H2,1H3,(H,17,20). The number of carbonyl (C=O) groups is 1. The summed E-state index contributed by atoms with van der Waals surface area (Å²) in [6, 6.07) is 0.417. The van der Waals surface area contributed by atoms with E-state index in [9.17, 15) is 4.79 Å². The minimum Gasteiger partial charge on any atom is -0.354 e. The Labute approximate surface area is 120 Å². The Hall–Kier alpha value is -1.40. The van der Waals surface area contributed by atoms with Crippen LogP contribution in [-0.4, -0.2) is 46.0 Å². The number of likely N-dealkylation sites (tertiary alicyclic amines) is 1. The molecule has 2 rings (SSSR count). The van der Waals surface area contributed by atoms with Crippen molar-refractivity contribution >= 4 is 5.91 Å². The lowest BCUT2D eigenvalue weighted by molar-refractivity contribution is -0.121. The molecule has 6 nitrogen and oxygen atoms in total. The summed E-state index contributed by atoms with van der Waals surface area (Å²) in [5, 5.41) is 2.99. The molecule has 0 bridgehead atoms. The highest BCUT2D eigenvalue weighted by molar-refractivity contribution is 5.76. The first kappa shape index (κ1) is 15.0. The van der Waals surface area contributed by atoms with Crippen molar-refractivity contribution in [2.45, 2.75) is 38.3 Å². The molecule has 1 unspecified atom stereocenters. The predicted molar refractivity (Wildman–Crippen MR) is 77.9 cm³/mol. The number of rotatable bonds is 6. The lowest BCUT2D eigenvalue weighted by Gasteiger charge is -2.35. The van der Waals surface area contributed by atoms with Crippen LogP contribution in [0.4, 0.5) is 0 Å². The monoisotopic (exact) mass is 279 g/mol. The number of aromatic nitrogens is 2. The Bertz CT molecular complexity index is 431. The molecule has 1 aromatic heterocycles. The first-order chi connectivity index (χ1) is 9.70. The predicted octanol–water partition coefficient (Wildman–Crippen LogP) is 0.240. The van der Waals surface area contributed by atoms with Crippen LogP contribution in [0.5, 0.6) is 0 Å². The first-order valence-corrected chi connectivity index (χ1v) is 7.36. The number of imidazole rings is 1. The van der Waals surface area contributed by atoms with Gasteiger partial charge in [-0.05, 0) is 19.4 Å². The van der Waals surface area contributed by atoms with Gasteiger partial charge < -0.3 is 15.6 Å². The molecule has 0 radical (unpaired) electrons. The molecule has 1 amide bonds. The maximum absolute atomic E-state index is 11.5. The van der Waals surface area contributed by atoms with Crippen LogP contribution in [0.3, 0.4) is 0 Å². The fourth-order valence-corrected chi connectivity index (χ4v) is 2.70. The zero-order chi connectivity index (χ0) is 14.4. The van der Waals surface area contributed by atoms with E-state index in [0.29, 0.717) is 19.0 Å². The number of piperidine rings is 1. The number of nitrogens with one attached hydrogen (secondary N) is 1. The van der Waals surface area contributed by atoms with E-state index >= 15 is 0 Å². The van der Waals surface area contributed by atoms with Crippen molar-refractivity contribution in [2.75, 3.05) is 19.6 Å². The lowest BCUT2D eigenvalue weighted by Crippen LogP contribution is -2.46. The second kappa shape index (κ2) is 7.40. The third kappa shape index (κ3) is 4.05. The molecule has 1 saturated heterocycles. The number of hydrogen-bond acceptors (Lipinski definition) is 4. The number of carbonyl (C=O) groups excluding carboxylic acids is 1. The maximum atomic E-state index is 11.5. The molecule has 1 aromatic rings. The van der Waals surface area contributed by atoms with E-state index < -0.39 is 0 Å². The van der Waals surface area contributed by atoms with Crippen LogP contribution in [0.1, 0.15) is 31.4 Å². The van der Waals surface area contributed by atoms with Crippen molar-refractivity contribution in [1.29, 1.82) is 0 Å². The highest BCUT2D eigenvalue weighted by Crippen LogP contribution is 2.19. The average Bonchev–Trinajstić information content (AvgIpc) is 2.84. The Kier molecular flexibility index (Phi) is 5.55. The van der Waals surface area contributed by atoms with Gasteiger partial charge in [0.2, 0.25) is 5.91 Å². The molecule has 112 valence electrons. The van der Waals surface area contributed by atoms with Crippen LogP contribution < -0.4 is 11.1 Å². The molecule has 6 heteroatoms. The van der Waals surface area contributed by atoms with Gasteiger partial charge >= 0.3 is 0 Å². The fraction of sp³-hybridized carbons (Fsp3) is 0.714. The van der Waals surface area contributed by atoms with Crippen LogP contribution in [0, 0.1) is 0 Å². The van der Waals surface area contributed by atoms with Crippen molar-refractivity contribution in [3.63, 3.8) is 0 Å². The minimum atomic E-state index is 0.0542. The summed E-state index contributed by atoms with van der Waals surface area (Å²) in [5.41, 5.74) is 6.60. The third-order valence-corrected chi connectivity index (χ3v) is 3.94. The summed E-state index contributed by atoms with van der Waals surface area (Å²) in [6.07, 6.45) is 7.76. The smallest absolute Gasteiger partial charge is 0.221 e. The van der Waals surface area contributed by atoms with E-state index in [1.165, 1.54) is 18.5 Å². The van der Waals surface area contributed by atoms with Crippen molar-refractivity contribution in [1.82, 2.24) is 19.8 Å². The Morgan fingerprint density at radius 3 is 3.10 bits per heavy atom. The van der Waals surface area contributed by atoms with Gasteiger partial charge in [0.25, 0.3) is 0 Å². The van der Waals surface area contributed by atoms with Gasteiger partial charge in [-0.1, -0.05) is 6.42 Å². The van der Waals surface area contributed by atoms with Gasteiger partial charge in [-0.25, -0.2) is 4.98 Å². The van der Waals surface area contributed by atoms with Crippen LogP contribution in [0.25, 0.3) is 0 Å². The molecule has 1 aliphatic heterocycles. The zero-order valence-corrected chi connectivity index (χ0v) is 12.2. The van der Waals surface area contributed by atoms with Gasteiger partial charge in [0.1, 0.15) is 0 Å². The first-order valence-electron chi connectivity index (χ1n) is 7.36. The molecule has 0 spiro atoms. The van der Waals surface area contributed by atoms with Crippen LogP contribution in [0.2, 0.25) is 0 Å². The van der Waals surface area contributed by atoms with E-state index in [4.69, 9.17) is 5.73 Å². The number of hydrogen-bond donors (Lipinski definition) is 2. The summed E-state index contributed by atoms with van der Waals surface area (Å²) in [4.78, 5) is 18.2. The normalized spacial score (nSPS) is 20.0. The molecule has 3 N–H and O–H groups in total. The summed E-state index contributed by atoms with van der Waals surface area (Å²) >= 11 is 0. The molecule has 0 aliphatic carbocycles. The van der Waals surface area contributed by atoms with E-state index in [0.717, 1.165) is 26.1 Å². The second-order valence-corrected chi connectivity index (χ2v) is 5.46. The summed E-state index contributed by atoms with van der Waals surface area (Å²) < 4.78 is 2.05. The largest absolute Gasteiger partial charge is 0.354 e. The highest BCUT2D eigenvalue weighted by Gasteiger charge is 2.23. The van der Waals surface area contributed by atoms with Crippen molar-refractivity contribution in [3.8, 4) is 0 Å². The quantitative estimate of drug-likeness (QED) is 0.782. The Morgan fingerprint density at radius 2 is 2.40 bits per heavy atom. The van der Waals surface area contributed by atoms with Crippen LogP contribution in [-0.2, 0) is 18.4 Å². The molecule has 0 saturated carbocycles. The molecule has 0 aromatic carbocycles. The minimum absolute atomic E-state index is 0.0542. The second-order valence-electron chi connectivity index (χ2n) is 5.46. The van der Waals surface area contributed by atoms with Crippen molar-refractivity contribution in [2.24, 2.45) is 12.8 Å². The van der Waals surface area contributed by atoms with Gasteiger partial charge in [-0.15, -0.1) is 0 Å². The molecular formula is C14H25N5O. The third-order valence-electron chi connectivity index (χ3n) is 3.94. The van der Waals surface area contributed by atoms with Gasteiger partial charge in [-0.3, -0.25) is 9.69 Å². The highest BCUT2D eigenvalue weighted by atomic mass is 16.1. The van der Waals surface area contributed by atoms with Gasteiger partial charge in [0.05, 0.1) is 12.0 Å². The van der Waals surface area contributed by atoms with Crippen LogP contribution in [0.15, 0.2) is 12.5 Å². The van der Waals surface area contributed by atoms with Gasteiger partial charge in [0, 0.05) is 45.3 Å². The van der Waals surface area contributed by atoms with Gasteiger partial charge in [-0.2, -0.15) is 0 Å². The van der Waals surface area contributed by atoms with E-state index in [-0.39, 0.29) is 5.91 Å². The van der Waals surface area contributed by atoms with Crippen molar-refractivity contribution in [3.05, 3.63) is 18.2 Å². The van der Waals surface area contributed by atoms with Crippen molar-refractivity contribution < 1.29 is 4.79 Å². The SMILES string of the molecule is Cn1cncc1CN1CCCCC1CNC(=O)CCN. The average molecular weight is 279 g/mol. The number of amides is 1. The molecule has 20 heavy (non-hydrogen) atoms. The summed E-state index contributed by atoms with van der Waals surface area (Å²) in [7, 11) is 2.02. The Balaban J connectivity index is 1.88. The molecule has 1 atom stereocenters. The number of nitrogens with two attached hydrogens (primary N) is 1. The van der Waals surface area contributed by atoms with E-state index in [2.05, 4.69) is 19.8 Å². The maximum Gasteiger partial charge on any atom is 0.221 e. The fourth-order valence-electron chi connectivity index (χ4n) is 2.70. The number of aryl methyl sites for hydroxylation is 1. The van der Waals surface area contributed by atoms with Crippen LogP contribution >= 0.6 is 0 Å². The number of nitrogens with zero attached hydrogens (tertiary/aromatic N) is 3. The Morgan fingerprint density at radius 1 is 1.55 bits per heavy atom. The van der Waals surface area contributed by atoms with E-state index in [1.54, 1.807) is 0 Å². The molecule has 1 aliphatic rings.